The fourth-order valence-electron chi connectivity index (χ4n) is 1.66. The second kappa shape index (κ2) is 7.01. The van der Waals surface area contributed by atoms with Crippen LogP contribution in [0.2, 0.25) is 0 Å². The van der Waals surface area contributed by atoms with Crippen molar-refractivity contribution in [3.05, 3.63) is 29.8 Å². The van der Waals surface area contributed by atoms with Crippen LogP contribution in [0, 0.1) is 0 Å². The summed E-state index contributed by atoms with van der Waals surface area (Å²) in [6.45, 7) is 3.93. The molecule has 0 aromatic heterocycles. The minimum absolute atomic E-state index is 0.00679. The summed E-state index contributed by atoms with van der Waals surface area (Å²) in [4.78, 5) is 11.7. The van der Waals surface area contributed by atoms with Crippen molar-refractivity contribution < 1.29 is 9.53 Å². The van der Waals surface area contributed by atoms with Gasteiger partial charge in [-0.25, -0.2) is 0 Å². The Bertz CT molecular complexity index is 376. The first-order chi connectivity index (χ1) is 8.56. The topological polar surface area (TPSA) is 64.4 Å². The molecule has 0 spiro atoms. The molecule has 3 N–H and O–H groups in total. The molecule has 0 aliphatic heterocycles. The second-order valence-corrected chi connectivity index (χ2v) is 4.43. The van der Waals surface area contributed by atoms with Crippen molar-refractivity contribution in [1.82, 2.24) is 5.32 Å². The van der Waals surface area contributed by atoms with Crippen LogP contribution in [0.1, 0.15) is 38.3 Å². The Hall–Kier alpha value is -1.55. The number of carbonyl (C=O) groups excluding carboxylic acids is 1. The van der Waals surface area contributed by atoms with Crippen LogP contribution in [0.25, 0.3) is 0 Å². The van der Waals surface area contributed by atoms with Gasteiger partial charge in [-0.15, -0.1) is 0 Å². The van der Waals surface area contributed by atoms with E-state index < -0.39 is 0 Å². The smallest absolute Gasteiger partial charge is 0.222 e. The van der Waals surface area contributed by atoms with Crippen molar-refractivity contribution >= 4 is 5.91 Å². The van der Waals surface area contributed by atoms with E-state index in [-0.39, 0.29) is 18.0 Å². The fraction of sp³-hybridized carbons (Fsp3) is 0.500. The first-order valence-electron chi connectivity index (χ1n) is 6.25. The van der Waals surface area contributed by atoms with Gasteiger partial charge in [-0.3, -0.25) is 4.79 Å². The molecular weight excluding hydrogens is 228 g/mol. The number of benzene rings is 1. The molecule has 0 bridgehead atoms. The van der Waals surface area contributed by atoms with E-state index in [0.29, 0.717) is 6.42 Å². The number of ether oxygens (including phenoxy) is 1. The standard InChI is InChI=1S/C14H22N2O2/c1-4-12(15)9-14(17)16-10(2)11-5-7-13(18-3)8-6-11/h5-8,10,12H,4,9,15H2,1-3H3,(H,16,17)/t10-,12?/m0/s1. The molecule has 0 saturated heterocycles. The van der Waals surface area contributed by atoms with Gasteiger partial charge in [0.15, 0.2) is 0 Å². The van der Waals surface area contributed by atoms with Crippen LogP contribution in [-0.2, 0) is 4.79 Å². The van der Waals surface area contributed by atoms with Crippen LogP contribution in [-0.4, -0.2) is 19.1 Å². The molecule has 1 amide bonds. The number of rotatable bonds is 6. The highest BCUT2D eigenvalue weighted by Crippen LogP contribution is 2.17. The molecule has 0 aliphatic carbocycles. The average Bonchev–Trinajstić information content (AvgIpc) is 2.38. The highest BCUT2D eigenvalue weighted by atomic mass is 16.5. The molecule has 0 aliphatic rings. The summed E-state index contributed by atoms with van der Waals surface area (Å²) in [6.07, 6.45) is 1.18. The molecule has 100 valence electrons. The van der Waals surface area contributed by atoms with E-state index in [9.17, 15) is 4.79 Å². The molecule has 0 saturated carbocycles. The second-order valence-electron chi connectivity index (χ2n) is 4.43. The Labute approximate surface area is 109 Å². The first kappa shape index (κ1) is 14.5. The van der Waals surface area contributed by atoms with Gasteiger partial charge in [0.05, 0.1) is 13.2 Å². The van der Waals surface area contributed by atoms with E-state index in [1.165, 1.54) is 0 Å². The van der Waals surface area contributed by atoms with Crippen molar-refractivity contribution in [2.75, 3.05) is 7.11 Å². The normalized spacial score (nSPS) is 13.8. The maximum atomic E-state index is 11.7. The summed E-state index contributed by atoms with van der Waals surface area (Å²) >= 11 is 0. The summed E-state index contributed by atoms with van der Waals surface area (Å²) < 4.78 is 5.09. The van der Waals surface area contributed by atoms with Crippen molar-refractivity contribution in [1.29, 1.82) is 0 Å². The Morgan fingerprint density at radius 1 is 1.39 bits per heavy atom. The molecule has 0 heterocycles. The van der Waals surface area contributed by atoms with Crippen molar-refractivity contribution in [3.63, 3.8) is 0 Å². The van der Waals surface area contributed by atoms with E-state index in [0.717, 1.165) is 17.7 Å². The molecule has 1 aromatic carbocycles. The van der Waals surface area contributed by atoms with E-state index in [4.69, 9.17) is 10.5 Å². The van der Waals surface area contributed by atoms with Gasteiger partial charge in [-0.2, -0.15) is 0 Å². The molecule has 0 fully saturated rings. The van der Waals surface area contributed by atoms with E-state index in [1.807, 2.05) is 38.1 Å². The number of methoxy groups -OCH3 is 1. The summed E-state index contributed by atoms with van der Waals surface area (Å²) in [5.41, 5.74) is 6.80. The SMILES string of the molecule is CCC(N)CC(=O)N[C@@H](C)c1ccc(OC)cc1. The van der Waals surface area contributed by atoms with Crippen LogP contribution in [0.4, 0.5) is 0 Å². The van der Waals surface area contributed by atoms with Crippen LogP contribution in [0.15, 0.2) is 24.3 Å². The van der Waals surface area contributed by atoms with Crippen molar-refractivity contribution in [2.24, 2.45) is 5.73 Å². The zero-order valence-corrected chi connectivity index (χ0v) is 11.3. The summed E-state index contributed by atoms with van der Waals surface area (Å²) in [6, 6.07) is 7.58. The Kier molecular flexibility index (Phi) is 5.65. The molecule has 1 aromatic rings. The zero-order valence-electron chi connectivity index (χ0n) is 11.3. The number of carbonyl (C=O) groups is 1. The largest absolute Gasteiger partial charge is 0.497 e. The maximum absolute atomic E-state index is 11.7. The van der Waals surface area contributed by atoms with Gasteiger partial charge >= 0.3 is 0 Å². The lowest BCUT2D eigenvalue weighted by Crippen LogP contribution is -2.32. The molecule has 1 unspecified atom stereocenters. The molecule has 4 nitrogen and oxygen atoms in total. The summed E-state index contributed by atoms with van der Waals surface area (Å²) in [5, 5.41) is 2.94. The highest BCUT2D eigenvalue weighted by molar-refractivity contribution is 5.77. The lowest BCUT2D eigenvalue weighted by Gasteiger charge is -2.16. The Morgan fingerprint density at radius 3 is 2.50 bits per heavy atom. The third kappa shape index (κ3) is 4.37. The van der Waals surface area contributed by atoms with E-state index >= 15 is 0 Å². The zero-order chi connectivity index (χ0) is 13.5. The molecular formula is C14H22N2O2. The van der Waals surface area contributed by atoms with Crippen LogP contribution in [0.3, 0.4) is 0 Å². The van der Waals surface area contributed by atoms with Crippen molar-refractivity contribution in [2.45, 2.75) is 38.8 Å². The highest BCUT2D eigenvalue weighted by Gasteiger charge is 2.12. The van der Waals surface area contributed by atoms with E-state index in [1.54, 1.807) is 7.11 Å². The van der Waals surface area contributed by atoms with Gasteiger partial charge in [-0.05, 0) is 31.0 Å². The van der Waals surface area contributed by atoms with Crippen LogP contribution in [0.5, 0.6) is 5.75 Å². The molecule has 4 heteroatoms. The average molecular weight is 250 g/mol. The lowest BCUT2D eigenvalue weighted by atomic mass is 10.1. The number of hydrogen-bond acceptors (Lipinski definition) is 3. The Balaban J connectivity index is 2.53. The number of nitrogens with two attached hydrogens (primary N) is 1. The minimum Gasteiger partial charge on any atom is -0.497 e. The van der Waals surface area contributed by atoms with Gasteiger partial charge in [0.1, 0.15) is 5.75 Å². The number of hydrogen-bond donors (Lipinski definition) is 2. The molecule has 1 rings (SSSR count). The summed E-state index contributed by atoms with van der Waals surface area (Å²) in [5.74, 6) is 0.804. The Morgan fingerprint density at radius 2 is 2.00 bits per heavy atom. The third-order valence-electron chi connectivity index (χ3n) is 2.97. The number of nitrogens with one attached hydrogen (secondary N) is 1. The first-order valence-corrected chi connectivity index (χ1v) is 6.25. The monoisotopic (exact) mass is 250 g/mol. The van der Waals surface area contributed by atoms with Crippen LogP contribution >= 0.6 is 0 Å². The predicted molar refractivity (Wildman–Crippen MR) is 72.4 cm³/mol. The maximum Gasteiger partial charge on any atom is 0.222 e. The minimum atomic E-state index is -0.0620. The van der Waals surface area contributed by atoms with Gasteiger partial charge in [0.25, 0.3) is 0 Å². The van der Waals surface area contributed by atoms with Gasteiger partial charge in [0, 0.05) is 12.5 Å². The lowest BCUT2D eigenvalue weighted by molar-refractivity contribution is -0.122. The fourth-order valence-corrected chi connectivity index (χ4v) is 1.66. The van der Waals surface area contributed by atoms with Gasteiger partial charge < -0.3 is 15.8 Å². The number of amides is 1. The molecule has 18 heavy (non-hydrogen) atoms. The van der Waals surface area contributed by atoms with Gasteiger partial charge in [-0.1, -0.05) is 19.1 Å². The van der Waals surface area contributed by atoms with Crippen molar-refractivity contribution in [3.8, 4) is 5.75 Å². The quantitative estimate of drug-likeness (QED) is 0.811. The molecule has 0 radical (unpaired) electrons. The van der Waals surface area contributed by atoms with Crippen LogP contribution < -0.4 is 15.8 Å². The summed E-state index contributed by atoms with van der Waals surface area (Å²) in [7, 11) is 1.63. The van der Waals surface area contributed by atoms with E-state index in [2.05, 4.69) is 5.32 Å². The predicted octanol–water partition coefficient (Wildman–Crippen LogP) is 2.00. The molecule has 2 atom stereocenters. The third-order valence-corrected chi connectivity index (χ3v) is 2.97. The van der Waals surface area contributed by atoms with Gasteiger partial charge in [0.2, 0.25) is 5.91 Å².